The van der Waals surface area contributed by atoms with Gasteiger partial charge < -0.3 is 4.90 Å². The smallest absolute Gasteiger partial charge is 0.255 e. The Bertz CT molecular complexity index is 624. The summed E-state index contributed by atoms with van der Waals surface area (Å²) in [6.07, 6.45) is 9.85. The van der Waals surface area contributed by atoms with Crippen molar-refractivity contribution >= 4 is 29.3 Å². The average Bonchev–Trinajstić information content (AvgIpc) is 2.54. The molecule has 0 spiro atoms. The van der Waals surface area contributed by atoms with Crippen molar-refractivity contribution in [1.29, 1.82) is 0 Å². The van der Waals surface area contributed by atoms with E-state index >= 15 is 0 Å². The Hall–Kier alpha value is -0.670. The van der Waals surface area contributed by atoms with Gasteiger partial charge in [0.05, 0.1) is 10.6 Å². The molecule has 5 rings (SSSR count). The number of hydrogen-bond acceptors (Lipinski definition) is 2. The topological polar surface area (TPSA) is 20.3 Å². The standard InChI is InChI=1S/C20H26ClNOS/c1-3-22(19(23)17-9-16(24-2)4-5-18(17)21)20-10-13-6-14(11-20)8-15(7-13)12-20/h4-5,9,13-15H,3,6-8,10-12H2,1-2H3. The van der Waals surface area contributed by atoms with Crippen LogP contribution in [0, 0.1) is 17.8 Å². The van der Waals surface area contributed by atoms with Gasteiger partial charge in [0, 0.05) is 17.0 Å². The molecule has 0 N–H and O–H groups in total. The van der Waals surface area contributed by atoms with E-state index in [1.54, 1.807) is 11.8 Å². The summed E-state index contributed by atoms with van der Waals surface area (Å²) in [4.78, 5) is 16.7. The molecule has 130 valence electrons. The molecular formula is C20H26ClNOS. The average molecular weight is 364 g/mol. The summed E-state index contributed by atoms with van der Waals surface area (Å²) in [7, 11) is 0. The number of rotatable bonds is 4. The molecule has 0 radical (unpaired) electrons. The fourth-order valence-corrected chi connectivity index (χ4v) is 6.67. The lowest BCUT2D eigenvalue weighted by Gasteiger charge is -2.60. The number of amides is 1. The normalized spacial score (nSPS) is 33.7. The molecule has 2 nitrogen and oxygen atoms in total. The highest BCUT2D eigenvalue weighted by atomic mass is 35.5. The third-order valence-corrected chi connectivity index (χ3v) is 7.60. The summed E-state index contributed by atoms with van der Waals surface area (Å²) in [5.41, 5.74) is 0.778. The van der Waals surface area contributed by atoms with Crippen LogP contribution in [0.15, 0.2) is 23.1 Å². The molecule has 0 aliphatic heterocycles. The minimum Gasteiger partial charge on any atom is -0.333 e. The molecule has 0 aromatic heterocycles. The highest BCUT2D eigenvalue weighted by Crippen LogP contribution is 2.58. The molecule has 4 fully saturated rings. The molecule has 4 aliphatic rings. The van der Waals surface area contributed by atoms with Crippen molar-refractivity contribution in [3.8, 4) is 0 Å². The molecule has 0 saturated heterocycles. The van der Waals surface area contributed by atoms with Crippen LogP contribution in [-0.4, -0.2) is 29.1 Å². The van der Waals surface area contributed by atoms with E-state index in [4.69, 9.17) is 11.6 Å². The van der Waals surface area contributed by atoms with Crippen LogP contribution in [0.1, 0.15) is 55.8 Å². The first-order valence-corrected chi connectivity index (χ1v) is 10.8. The minimum absolute atomic E-state index is 0.0965. The van der Waals surface area contributed by atoms with Gasteiger partial charge >= 0.3 is 0 Å². The van der Waals surface area contributed by atoms with Gasteiger partial charge in [-0.15, -0.1) is 11.8 Å². The molecule has 1 amide bonds. The highest BCUT2D eigenvalue weighted by Gasteiger charge is 2.54. The molecule has 4 heteroatoms. The van der Waals surface area contributed by atoms with Gasteiger partial charge in [0.1, 0.15) is 0 Å². The fraction of sp³-hybridized carbons (Fsp3) is 0.650. The summed E-state index contributed by atoms with van der Waals surface area (Å²) in [5.74, 6) is 2.66. The highest BCUT2D eigenvalue weighted by molar-refractivity contribution is 7.98. The summed E-state index contributed by atoms with van der Waals surface area (Å²) in [5, 5.41) is 0.584. The lowest BCUT2D eigenvalue weighted by molar-refractivity contribution is -0.0731. The van der Waals surface area contributed by atoms with E-state index in [2.05, 4.69) is 11.8 Å². The first-order valence-electron chi connectivity index (χ1n) is 9.20. The minimum atomic E-state index is 0.0965. The first kappa shape index (κ1) is 16.8. The van der Waals surface area contributed by atoms with E-state index in [9.17, 15) is 4.79 Å². The Morgan fingerprint density at radius 1 is 1.21 bits per heavy atom. The Balaban J connectivity index is 1.67. The third-order valence-electron chi connectivity index (χ3n) is 6.54. The largest absolute Gasteiger partial charge is 0.333 e. The van der Waals surface area contributed by atoms with E-state index < -0.39 is 0 Å². The summed E-state index contributed by atoms with van der Waals surface area (Å²) < 4.78 is 0. The molecule has 4 bridgehead atoms. The SMILES string of the molecule is CCN(C(=O)c1cc(SC)ccc1Cl)C12CC3CC(CC(C3)C1)C2. The van der Waals surface area contributed by atoms with Gasteiger partial charge in [-0.05, 0) is 87.7 Å². The lowest BCUT2D eigenvalue weighted by atomic mass is 9.52. The maximum absolute atomic E-state index is 13.4. The Labute approximate surface area is 154 Å². The second kappa shape index (κ2) is 6.25. The van der Waals surface area contributed by atoms with E-state index in [1.807, 2.05) is 24.5 Å². The van der Waals surface area contributed by atoms with Crippen molar-refractivity contribution in [1.82, 2.24) is 4.90 Å². The molecular weight excluding hydrogens is 338 g/mol. The van der Waals surface area contributed by atoms with Crippen LogP contribution >= 0.6 is 23.4 Å². The van der Waals surface area contributed by atoms with Gasteiger partial charge in [-0.25, -0.2) is 0 Å². The molecule has 0 atom stereocenters. The number of benzene rings is 1. The van der Waals surface area contributed by atoms with Gasteiger partial charge in [-0.3, -0.25) is 4.79 Å². The Kier molecular flexibility index (Phi) is 4.37. The van der Waals surface area contributed by atoms with E-state index in [-0.39, 0.29) is 11.4 Å². The van der Waals surface area contributed by atoms with Gasteiger partial charge in [-0.1, -0.05) is 11.6 Å². The van der Waals surface area contributed by atoms with Crippen molar-refractivity contribution < 1.29 is 4.79 Å². The van der Waals surface area contributed by atoms with Gasteiger partial charge in [0.2, 0.25) is 0 Å². The van der Waals surface area contributed by atoms with Crippen LogP contribution in [0.25, 0.3) is 0 Å². The third kappa shape index (κ3) is 2.68. The predicted octanol–water partition coefficient (Wildman–Crippen LogP) is 5.49. The number of hydrogen-bond donors (Lipinski definition) is 0. The van der Waals surface area contributed by atoms with Crippen LogP contribution in [-0.2, 0) is 0 Å². The summed E-state index contributed by atoms with van der Waals surface area (Å²) in [6, 6.07) is 5.83. The number of carbonyl (C=O) groups excluding carboxylic acids is 1. The maximum Gasteiger partial charge on any atom is 0.255 e. The zero-order valence-electron chi connectivity index (χ0n) is 14.6. The molecule has 24 heavy (non-hydrogen) atoms. The van der Waals surface area contributed by atoms with Crippen molar-refractivity contribution in [3.63, 3.8) is 0 Å². The lowest BCUT2D eigenvalue weighted by Crippen LogP contribution is -2.61. The number of halogens is 1. The molecule has 0 unspecified atom stereocenters. The van der Waals surface area contributed by atoms with Crippen LogP contribution in [0.2, 0.25) is 5.02 Å². The molecule has 1 aromatic rings. The quantitative estimate of drug-likeness (QED) is 0.659. The van der Waals surface area contributed by atoms with Crippen molar-refractivity contribution in [2.45, 2.75) is 55.9 Å². The monoisotopic (exact) mass is 363 g/mol. The van der Waals surface area contributed by atoms with Crippen LogP contribution in [0.4, 0.5) is 0 Å². The van der Waals surface area contributed by atoms with Crippen molar-refractivity contribution in [2.24, 2.45) is 17.8 Å². The second-order valence-corrected chi connectivity index (χ2v) is 9.32. The molecule has 4 aliphatic carbocycles. The van der Waals surface area contributed by atoms with Gasteiger partial charge in [0.15, 0.2) is 0 Å². The zero-order chi connectivity index (χ0) is 16.9. The first-order chi connectivity index (χ1) is 11.5. The van der Waals surface area contributed by atoms with E-state index in [1.165, 1.54) is 38.5 Å². The van der Waals surface area contributed by atoms with E-state index in [0.717, 1.165) is 29.2 Å². The van der Waals surface area contributed by atoms with Gasteiger partial charge in [0.25, 0.3) is 5.91 Å². The summed E-state index contributed by atoms with van der Waals surface area (Å²) >= 11 is 8.06. The van der Waals surface area contributed by atoms with Gasteiger partial charge in [-0.2, -0.15) is 0 Å². The zero-order valence-corrected chi connectivity index (χ0v) is 16.1. The predicted molar refractivity (Wildman–Crippen MR) is 101 cm³/mol. The maximum atomic E-state index is 13.4. The molecule has 1 aromatic carbocycles. The molecule has 4 saturated carbocycles. The van der Waals surface area contributed by atoms with E-state index in [0.29, 0.717) is 10.6 Å². The van der Waals surface area contributed by atoms with Crippen LogP contribution in [0.5, 0.6) is 0 Å². The molecule has 0 heterocycles. The Morgan fingerprint density at radius 3 is 2.29 bits per heavy atom. The number of nitrogens with zero attached hydrogens (tertiary/aromatic N) is 1. The number of thioether (sulfide) groups is 1. The Morgan fingerprint density at radius 2 is 1.79 bits per heavy atom. The summed E-state index contributed by atoms with van der Waals surface area (Å²) in [6.45, 7) is 2.91. The van der Waals surface area contributed by atoms with Crippen molar-refractivity contribution in [3.05, 3.63) is 28.8 Å². The van der Waals surface area contributed by atoms with Crippen LogP contribution < -0.4 is 0 Å². The fourth-order valence-electron chi connectivity index (χ4n) is 6.03. The van der Waals surface area contributed by atoms with Crippen molar-refractivity contribution in [2.75, 3.05) is 12.8 Å². The van der Waals surface area contributed by atoms with Crippen LogP contribution in [0.3, 0.4) is 0 Å². The number of carbonyl (C=O) groups is 1. The second-order valence-electron chi connectivity index (χ2n) is 8.04.